The maximum Gasteiger partial charge on any atom is 0.410 e. The zero-order valence-electron chi connectivity index (χ0n) is 15.0. The Morgan fingerprint density at radius 3 is 2.73 bits per heavy atom. The molecule has 1 aliphatic heterocycles. The number of carbonyl (C=O) groups excluding carboxylic acids is 1. The van der Waals surface area contributed by atoms with Crippen LogP contribution in [0.15, 0.2) is 0 Å². The van der Waals surface area contributed by atoms with E-state index >= 15 is 0 Å². The summed E-state index contributed by atoms with van der Waals surface area (Å²) in [4.78, 5) is 14.0. The molecule has 1 fully saturated rings. The fourth-order valence-electron chi connectivity index (χ4n) is 2.81. The lowest BCUT2D eigenvalue weighted by molar-refractivity contribution is 0.0161. The summed E-state index contributed by atoms with van der Waals surface area (Å²) in [7, 11) is 1.74. The van der Waals surface area contributed by atoms with E-state index in [-0.39, 0.29) is 6.09 Å². The summed E-state index contributed by atoms with van der Waals surface area (Å²) >= 11 is 0. The number of piperidine rings is 1. The first-order valence-electron chi connectivity index (χ1n) is 8.56. The zero-order chi connectivity index (χ0) is 16.6. The number of hydrogen-bond donors (Lipinski definition) is 1. The molecule has 2 atom stereocenters. The van der Waals surface area contributed by atoms with Gasteiger partial charge in [-0.1, -0.05) is 6.92 Å². The second kappa shape index (κ2) is 9.36. The normalized spacial score (nSPS) is 20.8. The molecule has 0 aliphatic carbocycles. The number of nitrogens with one attached hydrogen (secondary N) is 1. The topological polar surface area (TPSA) is 50.8 Å². The van der Waals surface area contributed by atoms with Gasteiger partial charge in [0.25, 0.3) is 0 Å². The van der Waals surface area contributed by atoms with Gasteiger partial charge in [0.2, 0.25) is 0 Å². The highest BCUT2D eigenvalue weighted by Gasteiger charge is 2.27. The minimum Gasteiger partial charge on any atom is -0.444 e. The molecule has 130 valence electrons. The number of methoxy groups -OCH3 is 1. The van der Waals surface area contributed by atoms with Gasteiger partial charge in [0.1, 0.15) is 5.60 Å². The summed E-state index contributed by atoms with van der Waals surface area (Å²) < 4.78 is 10.7. The van der Waals surface area contributed by atoms with Crippen molar-refractivity contribution in [1.82, 2.24) is 10.2 Å². The van der Waals surface area contributed by atoms with Crippen LogP contribution in [0.1, 0.15) is 53.4 Å². The Morgan fingerprint density at radius 1 is 1.41 bits per heavy atom. The quantitative estimate of drug-likeness (QED) is 0.785. The summed E-state index contributed by atoms with van der Waals surface area (Å²) in [6.07, 6.45) is 4.26. The van der Waals surface area contributed by atoms with Gasteiger partial charge < -0.3 is 19.7 Å². The molecule has 0 radical (unpaired) electrons. The van der Waals surface area contributed by atoms with Crippen molar-refractivity contribution in [3.63, 3.8) is 0 Å². The molecule has 1 rings (SSSR count). The number of amides is 1. The summed E-state index contributed by atoms with van der Waals surface area (Å²) in [5.41, 5.74) is -0.417. The molecule has 22 heavy (non-hydrogen) atoms. The summed E-state index contributed by atoms with van der Waals surface area (Å²) in [5, 5.41) is 3.54. The van der Waals surface area contributed by atoms with Gasteiger partial charge in [0.15, 0.2) is 0 Å². The van der Waals surface area contributed by atoms with Gasteiger partial charge in [-0.2, -0.15) is 0 Å². The third kappa shape index (κ3) is 7.45. The highest BCUT2D eigenvalue weighted by atomic mass is 16.6. The maximum atomic E-state index is 12.1. The number of hydrogen-bond acceptors (Lipinski definition) is 4. The van der Waals surface area contributed by atoms with Crippen LogP contribution in [-0.4, -0.2) is 56.0 Å². The standard InChI is InChI=1S/C17H34N2O3/c1-6-15(13-21-5)18-10-9-14-8-7-11-19(12-14)16(20)22-17(2,3)4/h14-15,18H,6-13H2,1-5H3. The molecule has 5 nitrogen and oxygen atoms in total. The Bertz CT molecular complexity index is 328. The lowest BCUT2D eigenvalue weighted by Crippen LogP contribution is -2.43. The lowest BCUT2D eigenvalue weighted by Gasteiger charge is -2.34. The molecule has 0 aromatic rings. The van der Waals surface area contributed by atoms with Gasteiger partial charge in [-0.25, -0.2) is 4.79 Å². The van der Waals surface area contributed by atoms with E-state index in [1.54, 1.807) is 7.11 Å². The Morgan fingerprint density at radius 2 is 2.14 bits per heavy atom. The largest absolute Gasteiger partial charge is 0.444 e. The molecule has 0 aromatic heterocycles. The average molecular weight is 314 g/mol. The molecule has 1 heterocycles. The zero-order valence-corrected chi connectivity index (χ0v) is 15.0. The van der Waals surface area contributed by atoms with Crippen LogP contribution >= 0.6 is 0 Å². The van der Waals surface area contributed by atoms with Gasteiger partial charge in [0, 0.05) is 26.2 Å². The van der Waals surface area contributed by atoms with Gasteiger partial charge in [-0.15, -0.1) is 0 Å². The number of rotatable bonds is 7. The first-order valence-corrected chi connectivity index (χ1v) is 8.56. The molecule has 0 bridgehead atoms. The molecule has 0 aromatic carbocycles. The van der Waals surface area contributed by atoms with E-state index in [9.17, 15) is 4.79 Å². The van der Waals surface area contributed by atoms with E-state index in [2.05, 4.69) is 12.2 Å². The minimum absolute atomic E-state index is 0.170. The van der Waals surface area contributed by atoms with E-state index in [4.69, 9.17) is 9.47 Å². The van der Waals surface area contributed by atoms with Crippen molar-refractivity contribution in [1.29, 1.82) is 0 Å². The molecule has 0 saturated carbocycles. The number of ether oxygens (including phenoxy) is 2. The van der Waals surface area contributed by atoms with Crippen molar-refractivity contribution < 1.29 is 14.3 Å². The Balaban J connectivity index is 2.32. The van der Waals surface area contributed by atoms with Crippen molar-refractivity contribution in [3.8, 4) is 0 Å². The molecular formula is C17H34N2O3. The van der Waals surface area contributed by atoms with Crippen molar-refractivity contribution >= 4 is 6.09 Å². The van der Waals surface area contributed by atoms with Crippen LogP contribution < -0.4 is 5.32 Å². The molecule has 1 amide bonds. The molecule has 1 N–H and O–H groups in total. The second-order valence-corrected chi connectivity index (χ2v) is 7.24. The number of likely N-dealkylation sites (tertiary alicyclic amines) is 1. The van der Waals surface area contributed by atoms with Gasteiger partial charge >= 0.3 is 6.09 Å². The van der Waals surface area contributed by atoms with Crippen molar-refractivity contribution in [2.75, 3.05) is 33.4 Å². The fourth-order valence-corrected chi connectivity index (χ4v) is 2.81. The highest BCUT2D eigenvalue weighted by Crippen LogP contribution is 2.21. The second-order valence-electron chi connectivity index (χ2n) is 7.24. The van der Waals surface area contributed by atoms with Crippen LogP contribution in [0.2, 0.25) is 0 Å². The Hall–Kier alpha value is -0.810. The lowest BCUT2D eigenvalue weighted by atomic mass is 9.95. The van der Waals surface area contributed by atoms with Crippen molar-refractivity contribution in [2.24, 2.45) is 5.92 Å². The third-order valence-corrected chi connectivity index (χ3v) is 4.02. The van der Waals surface area contributed by atoms with Crippen LogP contribution in [0.4, 0.5) is 4.79 Å². The Kier molecular flexibility index (Phi) is 8.18. The number of nitrogens with zero attached hydrogens (tertiary/aromatic N) is 1. The van der Waals surface area contributed by atoms with Crippen LogP contribution in [0.3, 0.4) is 0 Å². The SMILES string of the molecule is CCC(COC)NCCC1CCCN(C(=O)OC(C)(C)C)C1. The highest BCUT2D eigenvalue weighted by molar-refractivity contribution is 5.68. The van der Waals surface area contributed by atoms with Crippen LogP contribution in [0.5, 0.6) is 0 Å². The van der Waals surface area contributed by atoms with Crippen molar-refractivity contribution in [2.45, 2.75) is 65.0 Å². The van der Waals surface area contributed by atoms with E-state index in [1.165, 1.54) is 6.42 Å². The molecule has 5 heteroatoms. The van der Waals surface area contributed by atoms with Gasteiger partial charge in [-0.3, -0.25) is 0 Å². The van der Waals surface area contributed by atoms with Crippen molar-refractivity contribution in [3.05, 3.63) is 0 Å². The van der Waals surface area contributed by atoms with Crippen LogP contribution in [0, 0.1) is 5.92 Å². The first-order chi connectivity index (χ1) is 10.4. The van der Waals surface area contributed by atoms with E-state index in [0.29, 0.717) is 12.0 Å². The van der Waals surface area contributed by atoms with E-state index in [1.807, 2.05) is 25.7 Å². The Labute approximate surface area is 135 Å². The van der Waals surface area contributed by atoms with Gasteiger partial charge in [-0.05, 0) is 58.9 Å². The monoisotopic (exact) mass is 314 g/mol. The first kappa shape index (κ1) is 19.2. The maximum absolute atomic E-state index is 12.1. The molecular weight excluding hydrogens is 280 g/mol. The van der Waals surface area contributed by atoms with Crippen LogP contribution in [0.25, 0.3) is 0 Å². The summed E-state index contributed by atoms with van der Waals surface area (Å²) in [6, 6.07) is 0.426. The molecule has 2 unspecified atom stereocenters. The predicted molar refractivity (Wildman–Crippen MR) is 89.1 cm³/mol. The predicted octanol–water partition coefficient (Wildman–Crippen LogP) is 3.04. The van der Waals surface area contributed by atoms with E-state index < -0.39 is 5.60 Å². The fraction of sp³-hybridized carbons (Fsp3) is 0.941. The molecule has 1 aliphatic rings. The number of carbonyl (C=O) groups is 1. The van der Waals surface area contributed by atoms with Crippen LogP contribution in [-0.2, 0) is 9.47 Å². The van der Waals surface area contributed by atoms with Gasteiger partial charge in [0.05, 0.1) is 6.61 Å². The smallest absolute Gasteiger partial charge is 0.410 e. The third-order valence-electron chi connectivity index (χ3n) is 4.02. The van der Waals surface area contributed by atoms with E-state index in [0.717, 1.165) is 45.5 Å². The molecule has 0 spiro atoms. The summed E-state index contributed by atoms with van der Waals surface area (Å²) in [6.45, 7) is 11.3. The average Bonchev–Trinajstić information content (AvgIpc) is 2.45. The summed E-state index contributed by atoms with van der Waals surface area (Å²) in [5.74, 6) is 0.564. The minimum atomic E-state index is -0.417. The molecule has 1 saturated heterocycles.